The fraction of sp³-hybridized carbons (Fsp3) is 0.466. The molecule has 2 aliphatic rings. The van der Waals surface area contributed by atoms with Gasteiger partial charge in [-0.05, 0) is 181 Å². The van der Waals surface area contributed by atoms with Crippen LogP contribution in [0.3, 0.4) is 0 Å². The molecule has 0 amide bonds. The van der Waals surface area contributed by atoms with Gasteiger partial charge >= 0.3 is 5.97 Å². The van der Waals surface area contributed by atoms with Gasteiger partial charge in [0.2, 0.25) is 0 Å². The minimum atomic E-state index is -0.456. The van der Waals surface area contributed by atoms with Crippen molar-refractivity contribution in [2.24, 2.45) is 5.73 Å². The molecule has 0 aromatic heterocycles. The van der Waals surface area contributed by atoms with Crippen LogP contribution < -0.4 is 5.73 Å². The van der Waals surface area contributed by atoms with E-state index in [-0.39, 0.29) is 24.2 Å². The van der Waals surface area contributed by atoms with Crippen LogP contribution in [0.1, 0.15) is 121 Å². The van der Waals surface area contributed by atoms with Crippen LogP contribution in [0.2, 0.25) is 0 Å². The quantitative estimate of drug-likeness (QED) is 0.0487. The molecule has 7 nitrogen and oxygen atoms in total. The topological polar surface area (TPSA) is 89.2 Å². The number of nitrogens with two attached hydrogens (primary N) is 1. The van der Waals surface area contributed by atoms with Crippen molar-refractivity contribution in [2.45, 2.75) is 116 Å². The van der Waals surface area contributed by atoms with Gasteiger partial charge in [0.15, 0.2) is 0 Å². The number of unbranched alkanes of at least 4 members (excludes halogenated alkanes) is 1. The van der Waals surface area contributed by atoms with E-state index in [1.807, 2.05) is 20.8 Å². The maximum absolute atomic E-state index is 12.3. The lowest BCUT2D eigenvalue weighted by Crippen LogP contribution is -2.27. The van der Waals surface area contributed by atoms with Crippen LogP contribution in [0.5, 0.6) is 0 Å². The number of benzene rings is 5. The third-order valence-electron chi connectivity index (χ3n) is 13.5. The molecule has 1 unspecified atom stereocenters. The molecule has 0 heterocycles. The van der Waals surface area contributed by atoms with Gasteiger partial charge in [0.25, 0.3) is 0 Å². The maximum Gasteiger partial charge on any atom is 0.306 e. The van der Waals surface area contributed by atoms with E-state index in [2.05, 4.69) is 120 Å². The molecular weight excluding hydrogens is 887 g/mol. The standard InChI is InChI=1S/C57H70BrNO6.CH4/c1-55(2,3)65-54(60)13-9-12-40-14-16-41(17-15-40)42-18-22-46-47-23-19-43(37-51(47)56(4,50(46)36-42)26-7-8-29-59)44-20-24-48-49-25-21-45(58)39-53(49)57(52(48)38-44,27-10-30-63-34-32-61-5)28-11-31-64-35-33-62-6;/h14-25,36-39H,7-13,26-35,59H2,1-6H3;1H4. The zero-order valence-electron chi connectivity index (χ0n) is 39.7. The summed E-state index contributed by atoms with van der Waals surface area (Å²) >= 11 is 3.85. The Morgan fingerprint density at radius 2 is 1.06 bits per heavy atom. The molecule has 8 heteroatoms. The zero-order chi connectivity index (χ0) is 46.0. The number of methoxy groups -OCH3 is 2. The molecule has 1 atom stereocenters. The molecule has 0 fully saturated rings. The summed E-state index contributed by atoms with van der Waals surface area (Å²) in [5, 5.41) is 0. The van der Waals surface area contributed by atoms with E-state index >= 15 is 0 Å². The first-order chi connectivity index (χ1) is 31.4. The molecule has 0 radical (unpaired) electrons. The predicted octanol–water partition coefficient (Wildman–Crippen LogP) is 13.7. The molecule has 2 N–H and O–H groups in total. The Balaban J connectivity index is 0.00000720. The van der Waals surface area contributed by atoms with Gasteiger partial charge in [-0.15, -0.1) is 0 Å². The van der Waals surface area contributed by atoms with Crippen LogP contribution in [0.25, 0.3) is 44.5 Å². The summed E-state index contributed by atoms with van der Waals surface area (Å²) in [5.41, 5.74) is 22.2. The number of hydrogen-bond acceptors (Lipinski definition) is 7. The Morgan fingerprint density at radius 3 is 1.59 bits per heavy atom. The first kappa shape index (κ1) is 51.2. The highest BCUT2D eigenvalue weighted by Gasteiger charge is 2.43. The van der Waals surface area contributed by atoms with Gasteiger partial charge in [0.1, 0.15) is 5.60 Å². The largest absolute Gasteiger partial charge is 0.460 e. The SMILES string of the molecule is C.COCCOCCCC1(CCCOCCOC)c2cc(Br)ccc2-c2ccc(-c3ccc4c(c3)C(C)(CCCCN)c3cc(-c5ccc(CCCC(=O)OC(C)(C)C)cc5)ccc3-4)cc21. The third kappa shape index (κ3) is 11.7. The van der Waals surface area contributed by atoms with Crippen molar-refractivity contribution in [3.8, 4) is 44.5 Å². The third-order valence-corrected chi connectivity index (χ3v) is 14.0. The molecule has 66 heavy (non-hydrogen) atoms. The number of carbonyl (C=O) groups is 1. The first-order valence-electron chi connectivity index (χ1n) is 23.8. The van der Waals surface area contributed by atoms with Gasteiger partial charge < -0.3 is 29.4 Å². The Hall–Kier alpha value is -4.15. The number of halogens is 1. The fourth-order valence-electron chi connectivity index (χ4n) is 10.3. The molecule has 0 saturated heterocycles. The smallest absolute Gasteiger partial charge is 0.306 e. The second kappa shape index (κ2) is 23.2. The van der Waals surface area contributed by atoms with Crippen molar-refractivity contribution >= 4 is 21.9 Å². The summed E-state index contributed by atoms with van der Waals surface area (Å²) < 4.78 is 29.2. The lowest BCUT2D eigenvalue weighted by molar-refractivity contribution is -0.154. The average Bonchev–Trinajstić information content (AvgIpc) is 3.69. The van der Waals surface area contributed by atoms with Crippen LogP contribution in [-0.4, -0.2) is 72.0 Å². The van der Waals surface area contributed by atoms with E-state index in [0.717, 1.165) is 62.3 Å². The number of carbonyl (C=O) groups excluding carboxylic acids is 1. The lowest BCUT2D eigenvalue weighted by atomic mass is 9.71. The monoisotopic (exact) mass is 959 g/mol. The summed E-state index contributed by atoms with van der Waals surface area (Å²) in [7, 11) is 3.43. The summed E-state index contributed by atoms with van der Waals surface area (Å²) in [6, 6.07) is 37.1. The van der Waals surface area contributed by atoms with Crippen molar-refractivity contribution < 1.29 is 28.5 Å². The number of ether oxygens (including phenoxy) is 5. The molecule has 354 valence electrons. The average molecular weight is 961 g/mol. The number of aryl methyl sites for hydroxylation is 1. The van der Waals surface area contributed by atoms with Crippen LogP contribution >= 0.6 is 15.9 Å². The molecule has 0 saturated carbocycles. The minimum absolute atomic E-state index is 0. The highest BCUT2D eigenvalue weighted by atomic mass is 79.9. The van der Waals surface area contributed by atoms with Crippen LogP contribution in [0.4, 0.5) is 0 Å². The second-order valence-corrected chi connectivity index (χ2v) is 20.1. The maximum atomic E-state index is 12.3. The van der Waals surface area contributed by atoms with E-state index in [0.29, 0.717) is 52.6 Å². The molecular formula is C58H74BrNO6. The molecule has 0 spiro atoms. The zero-order valence-corrected chi connectivity index (χ0v) is 41.2. The lowest BCUT2D eigenvalue weighted by Gasteiger charge is -2.33. The van der Waals surface area contributed by atoms with Crippen LogP contribution in [0.15, 0.2) is 102 Å². The molecule has 7 rings (SSSR count). The summed E-state index contributed by atoms with van der Waals surface area (Å²) in [5.74, 6) is -0.137. The van der Waals surface area contributed by atoms with E-state index in [4.69, 9.17) is 29.4 Å². The van der Waals surface area contributed by atoms with Crippen molar-refractivity contribution in [2.75, 3.05) is 60.4 Å². The molecule has 5 aromatic carbocycles. The van der Waals surface area contributed by atoms with Crippen molar-refractivity contribution in [3.05, 3.63) is 129 Å². The summed E-state index contributed by atoms with van der Waals surface area (Å²) in [6.07, 6.45) is 8.90. The number of hydrogen-bond donors (Lipinski definition) is 1. The number of esters is 1. The molecule has 5 aromatic rings. The van der Waals surface area contributed by atoms with Crippen molar-refractivity contribution in [3.63, 3.8) is 0 Å². The minimum Gasteiger partial charge on any atom is -0.460 e. The van der Waals surface area contributed by atoms with Crippen LogP contribution in [-0.2, 0) is 45.7 Å². The van der Waals surface area contributed by atoms with E-state index < -0.39 is 5.60 Å². The second-order valence-electron chi connectivity index (χ2n) is 19.2. The molecule has 0 bridgehead atoms. The number of fused-ring (bicyclic) bond motifs is 6. The fourth-order valence-corrected chi connectivity index (χ4v) is 10.7. The van der Waals surface area contributed by atoms with Crippen molar-refractivity contribution in [1.82, 2.24) is 0 Å². The Morgan fingerprint density at radius 1 is 0.576 bits per heavy atom. The normalized spacial score (nSPS) is 15.5. The Labute approximate surface area is 404 Å². The van der Waals surface area contributed by atoms with E-state index in [9.17, 15) is 4.79 Å². The van der Waals surface area contributed by atoms with Gasteiger partial charge in [-0.1, -0.05) is 103 Å². The van der Waals surface area contributed by atoms with Gasteiger partial charge in [-0.3, -0.25) is 4.79 Å². The highest BCUT2D eigenvalue weighted by molar-refractivity contribution is 9.10. The van der Waals surface area contributed by atoms with Gasteiger partial charge in [0, 0.05) is 49.2 Å². The van der Waals surface area contributed by atoms with Crippen molar-refractivity contribution in [1.29, 1.82) is 0 Å². The highest BCUT2D eigenvalue weighted by Crippen LogP contribution is 2.56. The van der Waals surface area contributed by atoms with E-state index in [1.165, 1.54) is 72.3 Å². The van der Waals surface area contributed by atoms with Crippen LogP contribution in [0, 0.1) is 0 Å². The molecule has 0 aliphatic heterocycles. The van der Waals surface area contributed by atoms with E-state index in [1.54, 1.807) is 14.2 Å². The Bertz CT molecular complexity index is 2370. The summed E-state index contributed by atoms with van der Waals surface area (Å²) in [6.45, 7) is 12.6. The predicted molar refractivity (Wildman–Crippen MR) is 275 cm³/mol. The Kier molecular flexibility index (Phi) is 18.0. The van der Waals surface area contributed by atoms with Gasteiger partial charge in [-0.2, -0.15) is 0 Å². The summed E-state index contributed by atoms with van der Waals surface area (Å²) in [4.78, 5) is 12.3. The first-order valence-corrected chi connectivity index (χ1v) is 24.6. The molecule has 2 aliphatic carbocycles. The number of rotatable bonds is 24. The van der Waals surface area contributed by atoms with Gasteiger partial charge in [-0.25, -0.2) is 0 Å². The van der Waals surface area contributed by atoms with Gasteiger partial charge in [0.05, 0.1) is 26.4 Å².